The zero-order valence-corrected chi connectivity index (χ0v) is 17.7. The van der Waals surface area contributed by atoms with E-state index in [0.29, 0.717) is 17.6 Å². The molecule has 0 fully saturated rings. The van der Waals surface area contributed by atoms with Crippen molar-refractivity contribution in [2.45, 2.75) is 52.9 Å². The van der Waals surface area contributed by atoms with Crippen LogP contribution in [0.4, 0.5) is 0 Å². The van der Waals surface area contributed by atoms with Gasteiger partial charge in [0.25, 0.3) is 0 Å². The molecule has 0 radical (unpaired) electrons. The first kappa shape index (κ1) is 18.7. The monoisotopic (exact) mass is 374 g/mol. The SMILES string of the molecule is Cc1c(C)c(CC(C)c2cc(O)cc3c2ccn3C)c2[nH]ccc2c1C(C)C. The third kappa shape index (κ3) is 2.81. The number of H-pyrrole nitrogens is 1. The van der Waals surface area contributed by atoms with Crippen LogP contribution < -0.4 is 0 Å². The molecule has 0 bridgehead atoms. The molecule has 2 heterocycles. The molecule has 0 saturated heterocycles. The van der Waals surface area contributed by atoms with Gasteiger partial charge in [-0.1, -0.05) is 20.8 Å². The van der Waals surface area contributed by atoms with E-state index in [1.54, 1.807) is 0 Å². The number of rotatable bonds is 4. The molecule has 4 rings (SSSR count). The molecule has 0 aliphatic heterocycles. The summed E-state index contributed by atoms with van der Waals surface area (Å²) in [6.07, 6.45) is 5.07. The fourth-order valence-electron chi connectivity index (χ4n) is 4.87. The molecule has 2 aromatic carbocycles. The Bertz CT molecular complexity index is 1180. The molecule has 1 atom stereocenters. The number of hydrogen-bond donors (Lipinski definition) is 2. The standard InChI is InChI=1S/C25H30N2O/c1-14(2)24-17(5)16(4)22(25-20(24)7-9-26-25)11-15(3)21-12-18(28)13-23-19(21)8-10-27(23)6/h7-10,12-15,26,28H,11H2,1-6H3. The molecule has 3 heteroatoms. The van der Waals surface area contributed by atoms with E-state index in [1.807, 2.05) is 19.2 Å². The van der Waals surface area contributed by atoms with Crippen molar-refractivity contribution in [3.05, 3.63) is 64.5 Å². The molecular weight excluding hydrogens is 344 g/mol. The number of nitrogens with one attached hydrogen (secondary N) is 1. The van der Waals surface area contributed by atoms with Crippen LogP contribution in [0.25, 0.3) is 21.8 Å². The molecule has 146 valence electrons. The first-order valence-electron chi connectivity index (χ1n) is 10.2. The number of fused-ring (bicyclic) bond motifs is 2. The molecule has 2 N–H and O–H groups in total. The summed E-state index contributed by atoms with van der Waals surface area (Å²) in [5, 5.41) is 12.9. The third-order valence-electron chi connectivity index (χ3n) is 6.40. The van der Waals surface area contributed by atoms with Crippen molar-refractivity contribution in [3.8, 4) is 5.75 Å². The third-order valence-corrected chi connectivity index (χ3v) is 6.40. The first-order valence-corrected chi connectivity index (χ1v) is 10.2. The van der Waals surface area contributed by atoms with Crippen molar-refractivity contribution in [3.63, 3.8) is 0 Å². The molecule has 0 spiro atoms. The molecule has 3 nitrogen and oxygen atoms in total. The Hall–Kier alpha value is -2.68. The number of nitrogens with zero attached hydrogens (tertiary/aromatic N) is 1. The Morgan fingerprint density at radius 2 is 1.79 bits per heavy atom. The van der Waals surface area contributed by atoms with Gasteiger partial charge in [0.15, 0.2) is 0 Å². The van der Waals surface area contributed by atoms with Crippen molar-refractivity contribution >= 4 is 21.8 Å². The summed E-state index contributed by atoms with van der Waals surface area (Å²) >= 11 is 0. The van der Waals surface area contributed by atoms with Gasteiger partial charge in [0.05, 0.1) is 5.52 Å². The molecule has 0 aliphatic carbocycles. The number of phenolic OH excluding ortho intramolecular Hbond substituents is 1. The van der Waals surface area contributed by atoms with Gasteiger partial charge in [-0.3, -0.25) is 0 Å². The first-order chi connectivity index (χ1) is 13.3. The van der Waals surface area contributed by atoms with E-state index < -0.39 is 0 Å². The van der Waals surface area contributed by atoms with E-state index >= 15 is 0 Å². The maximum atomic E-state index is 10.3. The van der Waals surface area contributed by atoms with E-state index in [-0.39, 0.29) is 0 Å². The van der Waals surface area contributed by atoms with Gasteiger partial charge in [0.1, 0.15) is 5.75 Å². The second kappa shape index (κ2) is 6.73. The van der Waals surface area contributed by atoms with Crippen LogP contribution in [0.1, 0.15) is 60.4 Å². The van der Waals surface area contributed by atoms with Crippen molar-refractivity contribution in [2.75, 3.05) is 0 Å². The molecule has 28 heavy (non-hydrogen) atoms. The summed E-state index contributed by atoms with van der Waals surface area (Å²) in [6.45, 7) is 11.3. The zero-order valence-electron chi connectivity index (χ0n) is 17.7. The van der Waals surface area contributed by atoms with Gasteiger partial charge in [0, 0.05) is 41.8 Å². The van der Waals surface area contributed by atoms with Crippen molar-refractivity contribution in [1.82, 2.24) is 9.55 Å². The van der Waals surface area contributed by atoms with Crippen LogP contribution in [-0.4, -0.2) is 14.7 Å². The van der Waals surface area contributed by atoms with Crippen LogP contribution in [0.2, 0.25) is 0 Å². The van der Waals surface area contributed by atoms with E-state index in [1.165, 1.54) is 44.1 Å². The highest BCUT2D eigenvalue weighted by atomic mass is 16.3. The quantitative estimate of drug-likeness (QED) is 0.423. The molecule has 4 aromatic rings. The smallest absolute Gasteiger partial charge is 0.117 e. The maximum Gasteiger partial charge on any atom is 0.117 e. The molecule has 2 aromatic heterocycles. The number of phenols is 1. The summed E-state index contributed by atoms with van der Waals surface area (Å²) in [5.74, 6) is 1.13. The second-order valence-electron chi connectivity index (χ2n) is 8.56. The summed E-state index contributed by atoms with van der Waals surface area (Å²) < 4.78 is 2.07. The van der Waals surface area contributed by atoms with Gasteiger partial charge in [-0.15, -0.1) is 0 Å². The van der Waals surface area contributed by atoms with Crippen LogP contribution in [0.5, 0.6) is 5.75 Å². The molecule has 0 amide bonds. The number of aromatic nitrogens is 2. The van der Waals surface area contributed by atoms with Crippen LogP contribution in [0, 0.1) is 13.8 Å². The van der Waals surface area contributed by atoms with Gasteiger partial charge < -0.3 is 14.7 Å². The highest BCUT2D eigenvalue weighted by Gasteiger charge is 2.20. The fraction of sp³-hybridized carbons (Fsp3) is 0.360. The van der Waals surface area contributed by atoms with Gasteiger partial charge in [-0.05, 0) is 78.1 Å². The van der Waals surface area contributed by atoms with Gasteiger partial charge >= 0.3 is 0 Å². The zero-order chi connectivity index (χ0) is 20.2. The fourth-order valence-corrected chi connectivity index (χ4v) is 4.87. The van der Waals surface area contributed by atoms with Crippen LogP contribution in [-0.2, 0) is 13.5 Å². The van der Waals surface area contributed by atoms with Crippen molar-refractivity contribution in [2.24, 2.45) is 7.05 Å². The highest BCUT2D eigenvalue weighted by molar-refractivity contribution is 5.89. The van der Waals surface area contributed by atoms with Gasteiger partial charge in [-0.2, -0.15) is 0 Å². The number of aryl methyl sites for hydroxylation is 1. The van der Waals surface area contributed by atoms with E-state index in [9.17, 15) is 5.11 Å². The Balaban J connectivity index is 1.85. The summed E-state index contributed by atoms with van der Waals surface area (Å²) in [7, 11) is 2.02. The van der Waals surface area contributed by atoms with Crippen molar-refractivity contribution < 1.29 is 5.11 Å². The Kier molecular flexibility index (Phi) is 4.49. The van der Waals surface area contributed by atoms with Gasteiger partial charge in [0.2, 0.25) is 0 Å². The molecular formula is C25H30N2O. The lowest BCUT2D eigenvalue weighted by atomic mass is 9.83. The molecule has 0 saturated carbocycles. The van der Waals surface area contributed by atoms with Gasteiger partial charge in [-0.25, -0.2) is 0 Å². The number of aromatic amines is 1. The summed E-state index contributed by atoms with van der Waals surface area (Å²) in [5.41, 5.74) is 9.19. The summed E-state index contributed by atoms with van der Waals surface area (Å²) in [4.78, 5) is 3.51. The lowest BCUT2D eigenvalue weighted by Gasteiger charge is -2.21. The minimum Gasteiger partial charge on any atom is -0.508 e. The Morgan fingerprint density at radius 3 is 2.50 bits per heavy atom. The van der Waals surface area contributed by atoms with Crippen LogP contribution in [0.15, 0.2) is 36.7 Å². The topological polar surface area (TPSA) is 41.0 Å². The average molecular weight is 375 g/mol. The summed E-state index contributed by atoms with van der Waals surface area (Å²) in [6, 6.07) is 8.16. The Labute approximate surface area is 167 Å². The lowest BCUT2D eigenvalue weighted by molar-refractivity contribution is 0.474. The number of hydrogen-bond acceptors (Lipinski definition) is 1. The predicted octanol–water partition coefficient (Wildman–Crippen LogP) is 6.45. The normalized spacial score (nSPS) is 13.1. The number of aromatic hydroxyl groups is 1. The predicted molar refractivity (Wildman–Crippen MR) is 119 cm³/mol. The van der Waals surface area contributed by atoms with Crippen molar-refractivity contribution in [1.29, 1.82) is 0 Å². The van der Waals surface area contributed by atoms with Crippen LogP contribution >= 0.6 is 0 Å². The highest BCUT2D eigenvalue weighted by Crippen LogP contribution is 2.38. The maximum absolute atomic E-state index is 10.3. The minimum absolute atomic E-state index is 0.298. The number of benzene rings is 2. The lowest BCUT2D eigenvalue weighted by Crippen LogP contribution is -2.06. The Morgan fingerprint density at radius 1 is 1.04 bits per heavy atom. The largest absolute Gasteiger partial charge is 0.508 e. The van der Waals surface area contributed by atoms with Crippen LogP contribution in [0.3, 0.4) is 0 Å². The van der Waals surface area contributed by atoms with E-state index in [0.717, 1.165) is 11.9 Å². The second-order valence-corrected chi connectivity index (χ2v) is 8.56. The minimum atomic E-state index is 0.298. The average Bonchev–Trinajstić information content (AvgIpc) is 3.25. The molecule has 0 aliphatic rings. The molecule has 1 unspecified atom stereocenters. The van der Waals surface area contributed by atoms with E-state index in [2.05, 4.69) is 68.7 Å². The van der Waals surface area contributed by atoms with E-state index in [4.69, 9.17) is 0 Å².